The van der Waals surface area contributed by atoms with Gasteiger partial charge in [0.05, 0.1) is 12.9 Å². The Morgan fingerprint density at radius 3 is 2.65 bits per heavy atom. The highest BCUT2D eigenvalue weighted by atomic mass is 79.9. The maximum absolute atomic E-state index is 5.48. The molecule has 0 atom stereocenters. The van der Waals surface area contributed by atoms with Crippen molar-refractivity contribution in [3.05, 3.63) is 57.5 Å². The normalized spacial score (nSPS) is 11.3. The summed E-state index contributed by atoms with van der Waals surface area (Å²) in [5.74, 6) is 1.45. The first-order valence-electron chi connectivity index (χ1n) is 7.15. The van der Waals surface area contributed by atoms with Crippen LogP contribution in [0.3, 0.4) is 0 Å². The van der Waals surface area contributed by atoms with Crippen molar-refractivity contribution in [2.45, 2.75) is 13.2 Å². The molecule has 23 heavy (non-hydrogen) atoms. The third-order valence-corrected chi connectivity index (χ3v) is 4.54. The third kappa shape index (κ3) is 3.63. The number of hydrogen-bond acceptors (Lipinski definition) is 4. The maximum Gasteiger partial charge on any atom is 0.199 e. The van der Waals surface area contributed by atoms with E-state index in [0.717, 1.165) is 16.8 Å². The van der Waals surface area contributed by atoms with Crippen LogP contribution in [-0.4, -0.2) is 26.3 Å². The average Bonchev–Trinajstić information content (AvgIpc) is 3.14. The predicted molar refractivity (Wildman–Crippen MR) is 95.3 cm³/mol. The molecule has 3 aromatic rings. The second-order valence-electron chi connectivity index (χ2n) is 5.42. The van der Waals surface area contributed by atoms with Crippen LogP contribution >= 0.6 is 28.1 Å². The molecule has 0 saturated heterocycles. The third-order valence-electron chi connectivity index (χ3n) is 3.52. The Hall–Kier alpha value is -1.70. The van der Waals surface area contributed by atoms with Crippen LogP contribution in [0.15, 0.2) is 51.6 Å². The molecule has 0 saturated carbocycles. The molecule has 0 bridgehead atoms. The fraction of sp³-hybridized carbons (Fsp3) is 0.250. The van der Waals surface area contributed by atoms with E-state index in [2.05, 4.69) is 38.1 Å². The zero-order chi connectivity index (χ0) is 16.4. The number of benzene rings is 1. The summed E-state index contributed by atoms with van der Waals surface area (Å²) in [4.78, 5) is 2.16. The summed E-state index contributed by atoms with van der Waals surface area (Å²) in [6, 6.07) is 12.0. The number of halogens is 1. The Kier molecular flexibility index (Phi) is 4.79. The van der Waals surface area contributed by atoms with Crippen molar-refractivity contribution in [1.82, 2.24) is 19.2 Å². The molecule has 2 heterocycles. The van der Waals surface area contributed by atoms with Crippen molar-refractivity contribution in [1.29, 1.82) is 0 Å². The summed E-state index contributed by atoms with van der Waals surface area (Å²) in [5, 5.41) is 4.58. The summed E-state index contributed by atoms with van der Waals surface area (Å²) >= 11 is 8.93. The van der Waals surface area contributed by atoms with Gasteiger partial charge in [-0.25, -0.2) is 4.68 Å². The molecule has 0 fully saturated rings. The summed E-state index contributed by atoms with van der Waals surface area (Å²) < 4.78 is 10.8. The second kappa shape index (κ2) is 6.82. The minimum atomic E-state index is 0.615. The van der Waals surface area contributed by atoms with E-state index in [1.807, 2.05) is 47.6 Å². The van der Waals surface area contributed by atoms with Gasteiger partial charge in [-0.05, 0) is 49.1 Å². The van der Waals surface area contributed by atoms with Gasteiger partial charge in [-0.15, -0.1) is 5.10 Å². The zero-order valence-corrected chi connectivity index (χ0v) is 15.3. The zero-order valence-electron chi connectivity index (χ0n) is 12.9. The molecule has 0 aliphatic rings. The summed E-state index contributed by atoms with van der Waals surface area (Å²) in [7, 11) is 3.95. The maximum atomic E-state index is 5.48. The smallest absolute Gasteiger partial charge is 0.199 e. The van der Waals surface area contributed by atoms with Crippen LogP contribution in [0.2, 0.25) is 0 Å². The van der Waals surface area contributed by atoms with Crippen molar-refractivity contribution in [2.24, 2.45) is 7.05 Å². The molecule has 0 N–H and O–H groups in total. The molecule has 3 rings (SSSR count). The van der Waals surface area contributed by atoms with E-state index in [4.69, 9.17) is 16.6 Å². The van der Waals surface area contributed by atoms with Crippen LogP contribution in [0.4, 0.5) is 0 Å². The van der Waals surface area contributed by atoms with Crippen LogP contribution in [0.1, 0.15) is 5.56 Å². The highest BCUT2D eigenvalue weighted by molar-refractivity contribution is 9.10. The minimum Gasteiger partial charge on any atom is -0.461 e. The van der Waals surface area contributed by atoms with Crippen molar-refractivity contribution in [2.75, 3.05) is 7.05 Å². The Morgan fingerprint density at radius 2 is 2.00 bits per heavy atom. The largest absolute Gasteiger partial charge is 0.461 e. The first-order valence-corrected chi connectivity index (χ1v) is 8.35. The lowest BCUT2D eigenvalue weighted by Gasteiger charge is -2.16. The molecule has 0 spiro atoms. The summed E-state index contributed by atoms with van der Waals surface area (Å²) in [5.41, 5.74) is 1.24. The fourth-order valence-corrected chi connectivity index (χ4v) is 2.83. The molecule has 0 radical (unpaired) electrons. The molecule has 7 heteroatoms. The SMILES string of the molecule is CN(Cc1ccc(Br)cc1)Cn1nc(-c2ccco2)n(C)c1=S. The van der Waals surface area contributed by atoms with E-state index in [0.29, 0.717) is 17.2 Å². The van der Waals surface area contributed by atoms with Crippen LogP contribution < -0.4 is 0 Å². The predicted octanol–water partition coefficient (Wildman–Crippen LogP) is 4.06. The highest BCUT2D eigenvalue weighted by Gasteiger charge is 2.13. The van der Waals surface area contributed by atoms with E-state index in [-0.39, 0.29) is 0 Å². The standard InChI is InChI=1S/C16H17BrN4OS/c1-19(10-12-5-7-13(17)8-6-12)11-21-16(23)20(2)15(18-21)14-4-3-9-22-14/h3-9H,10-11H2,1-2H3. The van der Waals surface area contributed by atoms with Gasteiger partial charge in [-0.1, -0.05) is 28.1 Å². The quantitative estimate of drug-likeness (QED) is 0.613. The Balaban J connectivity index is 1.76. The van der Waals surface area contributed by atoms with Gasteiger partial charge in [0.15, 0.2) is 16.4 Å². The molecule has 1 aromatic carbocycles. The van der Waals surface area contributed by atoms with Gasteiger partial charge < -0.3 is 8.98 Å². The van der Waals surface area contributed by atoms with E-state index in [9.17, 15) is 0 Å². The van der Waals surface area contributed by atoms with E-state index >= 15 is 0 Å². The molecular formula is C16H17BrN4OS. The lowest BCUT2D eigenvalue weighted by Crippen LogP contribution is -2.22. The van der Waals surface area contributed by atoms with Gasteiger partial charge in [0.2, 0.25) is 0 Å². The topological polar surface area (TPSA) is 39.1 Å². The number of nitrogens with zero attached hydrogens (tertiary/aromatic N) is 4. The Labute approximate surface area is 148 Å². The number of hydrogen-bond donors (Lipinski definition) is 0. The van der Waals surface area contributed by atoms with Gasteiger partial charge >= 0.3 is 0 Å². The van der Waals surface area contributed by atoms with Gasteiger partial charge in [-0.2, -0.15) is 0 Å². The molecule has 120 valence electrons. The first kappa shape index (κ1) is 16.2. The van der Waals surface area contributed by atoms with Crippen LogP contribution in [0, 0.1) is 4.77 Å². The number of rotatable bonds is 5. The number of aromatic nitrogens is 3. The van der Waals surface area contributed by atoms with E-state index in [1.54, 1.807) is 6.26 Å². The molecular weight excluding hydrogens is 376 g/mol. The lowest BCUT2D eigenvalue weighted by molar-refractivity contribution is 0.244. The molecule has 2 aromatic heterocycles. The number of furan rings is 1. The summed E-state index contributed by atoms with van der Waals surface area (Å²) in [6.07, 6.45) is 1.64. The molecule has 0 aliphatic heterocycles. The lowest BCUT2D eigenvalue weighted by atomic mass is 10.2. The monoisotopic (exact) mass is 392 g/mol. The van der Waals surface area contributed by atoms with Crippen molar-refractivity contribution < 1.29 is 4.42 Å². The van der Waals surface area contributed by atoms with Crippen LogP contribution in [0.25, 0.3) is 11.6 Å². The van der Waals surface area contributed by atoms with Crippen molar-refractivity contribution in [3.8, 4) is 11.6 Å². The van der Waals surface area contributed by atoms with Gasteiger partial charge in [0.25, 0.3) is 0 Å². The highest BCUT2D eigenvalue weighted by Crippen LogP contribution is 2.18. The molecule has 0 unspecified atom stereocenters. The van der Waals surface area contributed by atoms with Crippen LogP contribution in [0.5, 0.6) is 0 Å². The summed E-state index contributed by atoms with van der Waals surface area (Å²) in [6.45, 7) is 1.44. The van der Waals surface area contributed by atoms with Gasteiger partial charge in [-0.3, -0.25) is 4.90 Å². The second-order valence-corrected chi connectivity index (χ2v) is 6.70. The van der Waals surface area contributed by atoms with E-state index in [1.165, 1.54) is 5.56 Å². The molecule has 0 amide bonds. The van der Waals surface area contributed by atoms with E-state index < -0.39 is 0 Å². The Morgan fingerprint density at radius 1 is 1.26 bits per heavy atom. The van der Waals surface area contributed by atoms with Gasteiger partial charge in [0, 0.05) is 18.1 Å². The van der Waals surface area contributed by atoms with Crippen molar-refractivity contribution in [3.63, 3.8) is 0 Å². The minimum absolute atomic E-state index is 0.615. The van der Waals surface area contributed by atoms with Gasteiger partial charge in [0.1, 0.15) is 0 Å². The van der Waals surface area contributed by atoms with Crippen molar-refractivity contribution >= 4 is 28.1 Å². The fourth-order valence-electron chi connectivity index (χ4n) is 2.38. The van der Waals surface area contributed by atoms with Crippen LogP contribution in [-0.2, 0) is 20.3 Å². The average molecular weight is 393 g/mol. The molecule has 0 aliphatic carbocycles. The first-order chi connectivity index (χ1) is 11.0. The Bertz CT molecular complexity index is 836. The molecule has 5 nitrogen and oxygen atoms in total.